The van der Waals surface area contributed by atoms with Crippen LogP contribution < -0.4 is 16.4 Å². The summed E-state index contributed by atoms with van der Waals surface area (Å²) in [6.45, 7) is 1.19. The summed E-state index contributed by atoms with van der Waals surface area (Å²) < 4.78 is 1.66. The van der Waals surface area contributed by atoms with E-state index in [0.717, 1.165) is 18.7 Å². The van der Waals surface area contributed by atoms with Gasteiger partial charge in [-0.15, -0.1) is 5.10 Å². The summed E-state index contributed by atoms with van der Waals surface area (Å²) >= 11 is 0. The Kier molecular flexibility index (Phi) is 3.04. The summed E-state index contributed by atoms with van der Waals surface area (Å²) in [6.07, 6.45) is 1.92. The lowest BCUT2D eigenvalue weighted by molar-refractivity contribution is -0.117. The maximum atomic E-state index is 11.7. The molecule has 0 bridgehead atoms. The lowest BCUT2D eigenvalue weighted by Gasteiger charge is -2.05. The molecule has 0 unspecified atom stereocenters. The number of hydrogen-bond donors (Lipinski definition) is 3. The maximum absolute atomic E-state index is 11.7. The van der Waals surface area contributed by atoms with Crippen LogP contribution in [-0.4, -0.2) is 33.6 Å². The number of nitrogens with one attached hydrogen (secondary N) is 2. The van der Waals surface area contributed by atoms with Crippen LogP contribution in [0.3, 0.4) is 0 Å². The van der Waals surface area contributed by atoms with Crippen LogP contribution in [0.2, 0.25) is 0 Å². The normalized spacial score (nSPS) is 14.6. The first-order valence-corrected chi connectivity index (χ1v) is 6.38. The molecule has 1 fully saturated rings. The van der Waals surface area contributed by atoms with Gasteiger partial charge in [-0.2, -0.15) is 9.50 Å². The number of amides is 1. The number of nitrogens with two attached hydrogens (primary N) is 1. The molecular formula is C12H16N6O. The van der Waals surface area contributed by atoms with Crippen molar-refractivity contribution < 1.29 is 4.79 Å². The second kappa shape index (κ2) is 4.85. The molecule has 7 heteroatoms. The van der Waals surface area contributed by atoms with E-state index in [9.17, 15) is 4.79 Å². The highest BCUT2D eigenvalue weighted by atomic mass is 16.2. The predicted octanol–water partition coefficient (Wildman–Crippen LogP) is 0.448. The fourth-order valence-electron chi connectivity index (χ4n) is 1.85. The molecule has 0 radical (unpaired) electrons. The highest BCUT2D eigenvalue weighted by molar-refractivity contribution is 5.92. The SMILES string of the molecule is NCCNc1cccc2nc(NC(=O)C3CC3)nn12. The van der Waals surface area contributed by atoms with Gasteiger partial charge in [-0.05, 0) is 25.0 Å². The van der Waals surface area contributed by atoms with Crippen molar-refractivity contribution in [3.05, 3.63) is 18.2 Å². The molecule has 100 valence electrons. The standard InChI is InChI=1S/C12H16N6O/c13-6-7-14-9-2-1-3-10-15-12(17-18(9)10)16-11(19)8-4-5-8/h1-3,8,14H,4-7,13H2,(H,16,17,19). The van der Waals surface area contributed by atoms with Crippen molar-refractivity contribution in [3.63, 3.8) is 0 Å². The van der Waals surface area contributed by atoms with Crippen LogP contribution in [0.4, 0.5) is 11.8 Å². The van der Waals surface area contributed by atoms with Gasteiger partial charge in [0.1, 0.15) is 5.82 Å². The van der Waals surface area contributed by atoms with Gasteiger partial charge in [-0.3, -0.25) is 10.1 Å². The summed E-state index contributed by atoms with van der Waals surface area (Å²) in [7, 11) is 0. The van der Waals surface area contributed by atoms with Gasteiger partial charge in [-0.1, -0.05) is 6.07 Å². The molecule has 0 atom stereocenters. The molecule has 0 aromatic carbocycles. The fraction of sp³-hybridized carbons (Fsp3) is 0.417. The van der Waals surface area contributed by atoms with Gasteiger partial charge < -0.3 is 11.1 Å². The van der Waals surface area contributed by atoms with Gasteiger partial charge in [0.25, 0.3) is 0 Å². The molecule has 2 aromatic rings. The second-order valence-corrected chi connectivity index (χ2v) is 4.60. The van der Waals surface area contributed by atoms with E-state index in [0.29, 0.717) is 24.7 Å². The molecule has 3 rings (SSSR count). The van der Waals surface area contributed by atoms with E-state index < -0.39 is 0 Å². The summed E-state index contributed by atoms with van der Waals surface area (Å²) in [5.74, 6) is 1.30. The summed E-state index contributed by atoms with van der Waals surface area (Å²) in [5.41, 5.74) is 6.16. The van der Waals surface area contributed by atoms with Gasteiger partial charge in [0, 0.05) is 19.0 Å². The van der Waals surface area contributed by atoms with Crippen LogP contribution in [0.25, 0.3) is 5.65 Å². The van der Waals surface area contributed by atoms with Crippen molar-refractivity contribution >= 4 is 23.3 Å². The number of nitrogens with zero attached hydrogens (tertiary/aromatic N) is 3. The molecule has 7 nitrogen and oxygen atoms in total. The Labute approximate surface area is 110 Å². The lowest BCUT2D eigenvalue weighted by atomic mass is 10.4. The number of hydrogen-bond acceptors (Lipinski definition) is 5. The Morgan fingerprint density at radius 3 is 3.05 bits per heavy atom. The molecule has 1 aliphatic carbocycles. The number of anilines is 2. The molecule has 2 aromatic heterocycles. The van der Waals surface area contributed by atoms with Crippen molar-refractivity contribution in [2.24, 2.45) is 11.7 Å². The zero-order valence-electron chi connectivity index (χ0n) is 10.5. The molecule has 1 saturated carbocycles. The summed E-state index contributed by atoms with van der Waals surface area (Å²) in [5, 5.41) is 10.2. The van der Waals surface area contributed by atoms with Gasteiger partial charge in [0.05, 0.1) is 0 Å². The first kappa shape index (κ1) is 11.9. The molecular weight excluding hydrogens is 244 g/mol. The Balaban J connectivity index is 1.84. The van der Waals surface area contributed by atoms with E-state index in [1.54, 1.807) is 4.52 Å². The van der Waals surface area contributed by atoms with Gasteiger partial charge in [0.2, 0.25) is 11.9 Å². The predicted molar refractivity (Wildman–Crippen MR) is 71.9 cm³/mol. The third-order valence-corrected chi connectivity index (χ3v) is 2.99. The molecule has 4 N–H and O–H groups in total. The van der Waals surface area contributed by atoms with Crippen molar-refractivity contribution in [2.75, 3.05) is 23.7 Å². The first-order chi connectivity index (χ1) is 9.28. The quantitative estimate of drug-likeness (QED) is 0.725. The fourth-order valence-corrected chi connectivity index (χ4v) is 1.85. The van der Waals surface area contributed by atoms with Crippen LogP contribution in [0.1, 0.15) is 12.8 Å². The number of carbonyl (C=O) groups excluding carboxylic acids is 1. The topological polar surface area (TPSA) is 97.3 Å². The summed E-state index contributed by atoms with van der Waals surface area (Å²) in [6, 6.07) is 5.62. The van der Waals surface area contributed by atoms with Gasteiger partial charge >= 0.3 is 0 Å². The molecule has 2 heterocycles. The molecule has 0 saturated heterocycles. The van der Waals surface area contributed by atoms with E-state index in [1.807, 2.05) is 18.2 Å². The highest BCUT2D eigenvalue weighted by Gasteiger charge is 2.30. The molecule has 1 amide bonds. The van der Waals surface area contributed by atoms with Gasteiger partial charge in [-0.25, -0.2) is 0 Å². The first-order valence-electron chi connectivity index (χ1n) is 6.38. The van der Waals surface area contributed by atoms with E-state index in [-0.39, 0.29) is 11.8 Å². The smallest absolute Gasteiger partial charge is 0.249 e. The maximum Gasteiger partial charge on any atom is 0.249 e. The Morgan fingerprint density at radius 2 is 2.32 bits per heavy atom. The summed E-state index contributed by atoms with van der Waals surface area (Å²) in [4.78, 5) is 16.0. The van der Waals surface area contributed by atoms with Crippen molar-refractivity contribution in [3.8, 4) is 0 Å². The monoisotopic (exact) mass is 260 g/mol. The van der Waals surface area contributed by atoms with Crippen LogP contribution >= 0.6 is 0 Å². The Morgan fingerprint density at radius 1 is 1.47 bits per heavy atom. The Hall–Kier alpha value is -2.15. The largest absolute Gasteiger partial charge is 0.369 e. The van der Waals surface area contributed by atoms with E-state index in [2.05, 4.69) is 20.7 Å². The average Bonchev–Trinajstić information content (AvgIpc) is 3.17. The van der Waals surface area contributed by atoms with Crippen molar-refractivity contribution in [2.45, 2.75) is 12.8 Å². The number of aromatic nitrogens is 3. The molecule has 0 aliphatic heterocycles. The second-order valence-electron chi connectivity index (χ2n) is 4.60. The van der Waals surface area contributed by atoms with Crippen LogP contribution in [0.15, 0.2) is 18.2 Å². The minimum Gasteiger partial charge on any atom is -0.369 e. The molecule has 19 heavy (non-hydrogen) atoms. The van der Waals surface area contributed by atoms with E-state index in [1.165, 1.54) is 0 Å². The highest BCUT2D eigenvalue weighted by Crippen LogP contribution is 2.29. The minimum atomic E-state index is 0.00683. The average molecular weight is 260 g/mol. The zero-order chi connectivity index (χ0) is 13.2. The third kappa shape index (κ3) is 2.50. The number of fused-ring (bicyclic) bond motifs is 1. The van der Waals surface area contributed by atoms with E-state index >= 15 is 0 Å². The van der Waals surface area contributed by atoms with Crippen LogP contribution in [0.5, 0.6) is 0 Å². The van der Waals surface area contributed by atoms with Crippen molar-refractivity contribution in [1.29, 1.82) is 0 Å². The van der Waals surface area contributed by atoms with Crippen molar-refractivity contribution in [1.82, 2.24) is 14.6 Å². The minimum absolute atomic E-state index is 0.00683. The lowest BCUT2D eigenvalue weighted by Crippen LogP contribution is -2.16. The number of carbonyl (C=O) groups is 1. The van der Waals surface area contributed by atoms with Gasteiger partial charge in [0.15, 0.2) is 5.65 Å². The zero-order valence-corrected chi connectivity index (χ0v) is 10.5. The molecule has 0 spiro atoms. The number of rotatable bonds is 5. The Bertz CT molecular complexity index is 603. The van der Waals surface area contributed by atoms with Crippen LogP contribution in [-0.2, 0) is 4.79 Å². The van der Waals surface area contributed by atoms with Crippen LogP contribution in [0, 0.1) is 5.92 Å². The molecule has 1 aliphatic rings. The third-order valence-electron chi connectivity index (χ3n) is 2.99. The van der Waals surface area contributed by atoms with E-state index in [4.69, 9.17) is 5.73 Å². The number of pyridine rings is 1.